The molecule has 1 heterocycles. The van der Waals surface area contributed by atoms with Gasteiger partial charge in [0.25, 0.3) is 0 Å². The first-order chi connectivity index (χ1) is 9.29. The van der Waals surface area contributed by atoms with E-state index in [-0.39, 0.29) is 0 Å². The Labute approximate surface area is 118 Å². The number of aromatic nitrogens is 2. The molecule has 0 atom stereocenters. The Bertz CT molecular complexity index is 702. The van der Waals surface area contributed by atoms with E-state index in [1.54, 1.807) is 48.9 Å². The van der Waals surface area contributed by atoms with Gasteiger partial charge in [-0.15, -0.1) is 0 Å². The van der Waals surface area contributed by atoms with Crippen LogP contribution in [0.15, 0.2) is 30.3 Å². The van der Waals surface area contributed by atoms with Gasteiger partial charge in [0.2, 0.25) is 10.0 Å². The van der Waals surface area contributed by atoms with Crippen LogP contribution in [0.4, 0.5) is 11.5 Å². The van der Waals surface area contributed by atoms with Crippen LogP contribution in [-0.4, -0.2) is 23.4 Å². The third-order valence-corrected chi connectivity index (χ3v) is 4.61. The molecule has 0 radical (unpaired) electrons. The third-order valence-electron chi connectivity index (χ3n) is 2.85. The molecule has 0 aliphatic rings. The normalized spacial score (nSPS) is 11.8. The maximum absolute atomic E-state index is 11.8. The van der Waals surface area contributed by atoms with Gasteiger partial charge < -0.3 is 5.73 Å². The van der Waals surface area contributed by atoms with Crippen molar-refractivity contribution in [2.45, 2.75) is 26.0 Å². The zero-order chi connectivity index (χ0) is 14.9. The maximum atomic E-state index is 11.8. The lowest BCUT2D eigenvalue weighted by Gasteiger charge is -2.11. The predicted molar refractivity (Wildman–Crippen MR) is 80.4 cm³/mol. The molecule has 3 N–H and O–H groups in total. The summed E-state index contributed by atoms with van der Waals surface area (Å²) in [6, 6.07) is 8.68. The van der Waals surface area contributed by atoms with Crippen molar-refractivity contribution in [1.82, 2.24) is 9.78 Å². The van der Waals surface area contributed by atoms with Crippen LogP contribution in [0.1, 0.15) is 19.5 Å². The van der Waals surface area contributed by atoms with Crippen molar-refractivity contribution >= 4 is 21.5 Å². The van der Waals surface area contributed by atoms with Gasteiger partial charge in [0.1, 0.15) is 5.82 Å². The second-order valence-corrected chi connectivity index (χ2v) is 7.10. The van der Waals surface area contributed by atoms with Crippen molar-refractivity contribution in [3.05, 3.63) is 36.0 Å². The number of nitrogens with one attached hydrogen (secondary N) is 1. The van der Waals surface area contributed by atoms with E-state index in [0.717, 1.165) is 11.4 Å². The van der Waals surface area contributed by atoms with Crippen LogP contribution in [0.3, 0.4) is 0 Å². The van der Waals surface area contributed by atoms with Crippen molar-refractivity contribution in [2.24, 2.45) is 0 Å². The molecule has 0 bridgehead atoms. The molecule has 0 amide bonds. The first kappa shape index (κ1) is 14.4. The van der Waals surface area contributed by atoms with Crippen LogP contribution in [0.5, 0.6) is 0 Å². The number of nitrogens with two attached hydrogens (primary N) is 1. The Morgan fingerprint density at radius 2 is 1.85 bits per heavy atom. The summed E-state index contributed by atoms with van der Waals surface area (Å²) in [6.07, 6.45) is 0. The number of nitrogens with zero attached hydrogens (tertiary/aromatic N) is 2. The van der Waals surface area contributed by atoms with Gasteiger partial charge in [-0.1, -0.05) is 0 Å². The molecule has 1 aromatic carbocycles. The smallest absolute Gasteiger partial charge is 0.235 e. The fourth-order valence-electron chi connectivity index (χ4n) is 1.68. The molecular weight excluding hydrogens is 276 g/mol. The summed E-state index contributed by atoms with van der Waals surface area (Å²) in [7, 11) is -3.33. The number of hydrogen-bond donors (Lipinski definition) is 2. The van der Waals surface area contributed by atoms with Gasteiger partial charge in [0.05, 0.1) is 16.6 Å². The van der Waals surface area contributed by atoms with E-state index in [1.165, 1.54) is 0 Å². The lowest BCUT2D eigenvalue weighted by Crippen LogP contribution is -2.22. The van der Waals surface area contributed by atoms with Crippen LogP contribution >= 0.6 is 0 Å². The zero-order valence-corrected chi connectivity index (χ0v) is 12.5. The maximum Gasteiger partial charge on any atom is 0.235 e. The number of aryl methyl sites for hydroxylation is 1. The lowest BCUT2D eigenvalue weighted by atomic mass is 10.3. The van der Waals surface area contributed by atoms with Gasteiger partial charge >= 0.3 is 0 Å². The molecule has 0 aliphatic carbocycles. The SMILES string of the molecule is Cc1cc(N)n(-c2ccc(NS(=O)(=O)C(C)C)cc2)n1. The molecule has 108 valence electrons. The van der Waals surface area contributed by atoms with Crippen molar-refractivity contribution in [2.75, 3.05) is 10.5 Å². The number of anilines is 2. The summed E-state index contributed by atoms with van der Waals surface area (Å²) in [6.45, 7) is 5.12. The summed E-state index contributed by atoms with van der Waals surface area (Å²) in [5, 5.41) is 3.79. The molecule has 0 fully saturated rings. The standard InChI is InChI=1S/C13H18N4O2S/c1-9(2)20(18,19)16-11-4-6-12(7-5-11)17-13(14)8-10(3)15-17/h4-9,16H,14H2,1-3H3. The molecular formula is C13H18N4O2S. The van der Waals surface area contributed by atoms with E-state index in [4.69, 9.17) is 5.73 Å². The second kappa shape index (κ2) is 5.16. The summed E-state index contributed by atoms with van der Waals surface area (Å²) < 4.78 is 27.7. The first-order valence-corrected chi connectivity index (χ1v) is 7.78. The fourth-order valence-corrected chi connectivity index (χ4v) is 2.38. The molecule has 20 heavy (non-hydrogen) atoms. The lowest BCUT2D eigenvalue weighted by molar-refractivity contribution is 0.593. The van der Waals surface area contributed by atoms with E-state index < -0.39 is 15.3 Å². The minimum Gasteiger partial charge on any atom is -0.384 e. The van der Waals surface area contributed by atoms with Crippen LogP contribution in [0.25, 0.3) is 5.69 Å². The molecule has 0 spiro atoms. The van der Waals surface area contributed by atoms with E-state index in [9.17, 15) is 8.42 Å². The van der Waals surface area contributed by atoms with E-state index in [0.29, 0.717) is 11.5 Å². The predicted octanol–water partition coefficient (Wildman–Crippen LogP) is 1.91. The molecule has 6 nitrogen and oxygen atoms in total. The quantitative estimate of drug-likeness (QED) is 0.901. The van der Waals surface area contributed by atoms with E-state index in [2.05, 4.69) is 9.82 Å². The van der Waals surface area contributed by atoms with Gasteiger partial charge in [-0.25, -0.2) is 13.1 Å². The van der Waals surface area contributed by atoms with Crippen molar-refractivity contribution in [3.8, 4) is 5.69 Å². The molecule has 2 rings (SSSR count). The Morgan fingerprint density at radius 3 is 2.30 bits per heavy atom. The first-order valence-electron chi connectivity index (χ1n) is 6.24. The Balaban J connectivity index is 2.25. The van der Waals surface area contributed by atoms with Crippen molar-refractivity contribution < 1.29 is 8.42 Å². The molecule has 7 heteroatoms. The van der Waals surface area contributed by atoms with Crippen LogP contribution in [0, 0.1) is 6.92 Å². The topological polar surface area (TPSA) is 90.0 Å². The van der Waals surface area contributed by atoms with Crippen LogP contribution < -0.4 is 10.5 Å². The highest BCUT2D eigenvalue weighted by atomic mass is 32.2. The summed E-state index contributed by atoms with van der Waals surface area (Å²) in [5.74, 6) is 0.540. The highest BCUT2D eigenvalue weighted by Gasteiger charge is 2.15. The second-order valence-electron chi connectivity index (χ2n) is 4.87. The summed E-state index contributed by atoms with van der Waals surface area (Å²) in [4.78, 5) is 0. The molecule has 0 saturated heterocycles. The van der Waals surface area contributed by atoms with Gasteiger partial charge in [-0.2, -0.15) is 5.10 Å². The molecule has 1 aromatic heterocycles. The Kier molecular flexibility index (Phi) is 3.71. The van der Waals surface area contributed by atoms with Crippen LogP contribution in [-0.2, 0) is 10.0 Å². The third kappa shape index (κ3) is 2.93. The van der Waals surface area contributed by atoms with Gasteiger partial charge in [-0.3, -0.25) is 4.72 Å². The molecule has 0 unspecified atom stereocenters. The van der Waals surface area contributed by atoms with Crippen molar-refractivity contribution in [1.29, 1.82) is 0 Å². The van der Waals surface area contributed by atoms with Gasteiger partial charge in [-0.05, 0) is 45.0 Å². The Morgan fingerprint density at radius 1 is 1.25 bits per heavy atom. The summed E-state index contributed by atoms with van der Waals surface area (Å²) in [5.41, 5.74) is 7.97. The average molecular weight is 294 g/mol. The van der Waals surface area contributed by atoms with E-state index >= 15 is 0 Å². The fraction of sp³-hybridized carbons (Fsp3) is 0.308. The number of rotatable bonds is 4. The molecule has 2 aromatic rings. The molecule has 0 saturated carbocycles. The van der Waals surface area contributed by atoms with Gasteiger partial charge in [0, 0.05) is 11.8 Å². The summed E-state index contributed by atoms with van der Waals surface area (Å²) >= 11 is 0. The largest absolute Gasteiger partial charge is 0.384 e. The van der Waals surface area contributed by atoms with Crippen LogP contribution in [0.2, 0.25) is 0 Å². The van der Waals surface area contributed by atoms with Crippen molar-refractivity contribution in [3.63, 3.8) is 0 Å². The number of nitrogen functional groups attached to an aromatic ring is 1. The monoisotopic (exact) mass is 294 g/mol. The average Bonchev–Trinajstić information content (AvgIpc) is 2.69. The minimum atomic E-state index is -3.33. The van der Waals surface area contributed by atoms with E-state index in [1.807, 2.05) is 6.92 Å². The Hall–Kier alpha value is -2.02. The zero-order valence-electron chi connectivity index (χ0n) is 11.7. The number of benzene rings is 1. The number of sulfonamides is 1. The van der Waals surface area contributed by atoms with Gasteiger partial charge in [0.15, 0.2) is 0 Å². The number of hydrogen-bond acceptors (Lipinski definition) is 4. The minimum absolute atomic E-state index is 0.480. The molecule has 0 aliphatic heterocycles. The highest BCUT2D eigenvalue weighted by Crippen LogP contribution is 2.18. The highest BCUT2D eigenvalue weighted by molar-refractivity contribution is 7.93.